The number of H-pyrrole nitrogens is 2. The van der Waals surface area contributed by atoms with Crippen LogP contribution < -0.4 is 4.74 Å². The zero-order valence-electron chi connectivity index (χ0n) is 21.9. The van der Waals surface area contributed by atoms with Gasteiger partial charge in [-0.1, -0.05) is 12.1 Å². The minimum absolute atomic E-state index is 0.144. The van der Waals surface area contributed by atoms with Crippen LogP contribution >= 0.6 is 0 Å². The molecule has 2 N–H and O–H groups in total. The van der Waals surface area contributed by atoms with Gasteiger partial charge in [0.15, 0.2) is 0 Å². The van der Waals surface area contributed by atoms with Crippen LogP contribution in [-0.2, 0) is 0 Å². The number of benzene rings is 2. The van der Waals surface area contributed by atoms with E-state index in [1.165, 1.54) is 6.07 Å². The molecule has 1 aliphatic heterocycles. The van der Waals surface area contributed by atoms with E-state index in [0.717, 1.165) is 68.7 Å². The largest absolute Gasteiger partial charge is 0.492 e. The fourth-order valence-corrected chi connectivity index (χ4v) is 4.97. The van der Waals surface area contributed by atoms with Gasteiger partial charge in [0.2, 0.25) is 0 Å². The van der Waals surface area contributed by atoms with E-state index in [1.54, 1.807) is 6.07 Å². The number of hydrogen-bond acceptors (Lipinski definition) is 6. The number of ether oxygens (including phenoxy) is 1. The maximum Gasteiger partial charge on any atom is 0.127 e. The first kappa shape index (κ1) is 24.1. The molecule has 5 aromatic rings. The van der Waals surface area contributed by atoms with Gasteiger partial charge in [-0.2, -0.15) is 10.2 Å². The third kappa shape index (κ3) is 4.50. The molecule has 38 heavy (non-hydrogen) atoms. The number of rotatable bonds is 7. The Labute approximate surface area is 220 Å². The number of nitrogens with one attached hydrogen (secondary N) is 2. The van der Waals surface area contributed by atoms with Crippen LogP contribution in [0.5, 0.6) is 5.75 Å². The molecule has 0 saturated carbocycles. The van der Waals surface area contributed by atoms with Crippen LogP contribution in [0, 0.1) is 12.7 Å². The Kier molecular flexibility index (Phi) is 6.07. The first-order chi connectivity index (χ1) is 18.4. The quantitative estimate of drug-likeness (QED) is 0.315. The van der Waals surface area contributed by atoms with E-state index >= 15 is 0 Å². The fraction of sp³-hybridized carbons (Fsp3) is 0.276. The number of halogens is 1. The van der Waals surface area contributed by atoms with Crippen molar-refractivity contribution in [2.24, 2.45) is 5.10 Å². The van der Waals surface area contributed by atoms with Gasteiger partial charge in [0.1, 0.15) is 23.9 Å². The highest BCUT2D eigenvalue weighted by Gasteiger charge is 2.21. The SMILES string of the molecule is Cc1ccc(-c2cc(F)cc(OCCN(C)C)c2)c2cc(-c3n[nH]c4cnc(C5C=NN(C)C5)cc34)[nH]c12. The van der Waals surface area contributed by atoms with Crippen molar-refractivity contribution in [2.75, 3.05) is 40.8 Å². The standard InChI is InChI=1S/C29H30FN7O/c1-17-5-6-22(18-9-20(30)11-21(10-18)38-8-7-36(2)3)23-12-26(33-28(17)23)29-24-13-25(19-14-32-37(4)16-19)31-15-27(24)34-35-29/h5-6,9-15,19,33H,7-8,16H2,1-4H3,(H,34,35). The average molecular weight is 512 g/mol. The maximum atomic E-state index is 14.6. The number of hydrazone groups is 1. The Hall–Kier alpha value is -4.24. The third-order valence-electron chi connectivity index (χ3n) is 7.00. The van der Waals surface area contributed by atoms with Crippen molar-refractivity contribution >= 4 is 28.0 Å². The van der Waals surface area contributed by atoms with E-state index in [-0.39, 0.29) is 11.7 Å². The molecule has 1 unspecified atom stereocenters. The van der Waals surface area contributed by atoms with Gasteiger partial charge in [-0.25, -0.2) is 4.39 Å². The number of aromatic amines is 2. The van der Waals surface area contributed by atoms with Gasteiger partial charge in [0.05, 0.1) is 29.0 Å². The van der Waals surface area contributed by atoms with Gasteiger partial charge in [-0.15, -0.1) is 0 Å². The molecular formula is C29H30FN7O. The molecule has 1 atom stereocenters. The van der Waals surface area contributed by atoms with Crippen molar-refractivity contribution in [3.63, 3.8) is 0 Å². The zero-order valence-corrected chi connectivity index (χ0v) is 21.9. The lowest BCUT2D eigenvalue weighted by Crippen LogP contribution is -2.19. The van der Waals surface area contributed by atoms with E-state index in [4.69, 9.17) is 4.74 Å². The van der Waals surface area contributed by atoms with Gasteiger partial charge >= 0.3 is 0 Å². The van der Waals surface area contributed by atoms with Crippen LogP contribution in [0.25, 0.3) is 44.3 Å². The summed E-state index contributed by atoms with van der Waals surface area (Å²) in [6.07, 6.45) is 3.77. The second-order valence-corrected chi connectivity index (χ2v) is 10.2. The van der Waals surface area contributed by atoms with E-state index in [2.05, 4.69) is 50.4 Å². The Bertz CT molecular complexity index is 1670. The molecule has 9 heteroatoms. The molecule has 1 aliphatic rings. The van der Waals surface area contributed by atoms with Crippen LogP contribution in [-0.4, -0.2) is 77.1 Å². The minimum Gasteiger partial charge on any atom is -0.492 e. The second kappa shape index (κ2) is 9.57. The summed E-state index contributed by atoms with van der Waals surface area (Å²) in [4.78, 5) is 10.2. The summed E-state index contributed by atoms with van der Waals surface area (Å²) in [6.45, 7) is 4.10. The molecule has 0 aliphatic carbocycles. The lowest BCUT2D eigenvalue weighted by atomic mass is 9.99. The highest BCUT2D eigenvalue weighted by Crippen LogP contribution is 2.37. The fourth-order valence-electron chi connectivity index (χ4n) is 4.97. The lowest BCUT2D eigenvalue weighted by molar-refractivity contribution is 0.260. The van der Waals surface area contributed by atoms with Gasteiger partial charge in [0.25, 0.3) is 0 Å². The minimum atomic E-state index is -0.328. The predicted octanol–water partition coefficient (Wildman–Crippen LogP) is 5.18. The lowest BCUT2D eigenvalue weighted by Gasteiger charge is -2.13. The zero-order chi connectivity index (χ0) is 26.4. The van der Waals surface area contributed by atoms with Gasteiger partial charge in [-0.05, 0) is 62.0 Å². The van der Waals surface area contributed by atoms with Gasteiger partial charge < -0.3 is 14.6 Å². The van der Waals surface area contributed by atoms with Crippen LogP contribution in [0.1, 0.15) is 17.2 Å². The molecule has 8 nitrogen and oxygen atoms in total. The van der Waals surface area contributed by atoms with Crippen molar-refractivity contribution in [3.8, 4) is 28.3 Å². The number of hydrogen-bond donors (Lipinski definition) is 2. The van der Waals surface area contributed by atoms with Crippen molar-refractivity contribution < 1.29 is 9.13 Å². The average Bonchev–Trinajstić information content (AvgIpc) is 3.61. The summed E-state index contributed by atoms with van der Waals surface area (Å²) in [7, 11) is 5.92. The number of nitrogens with zero attached hydrogens (tertiary/aromatic N) is 5. The van der Waals surface area contributed by atoms with Gasteiger partial charge in [0, 0.05) is 48.7 Å². The molecular weight excluding hydrogens is 481 g/mol. The topological polar surface area (TPSA) is 85.4 Å². The van der Waals surface area contributed by atoms with Crippen LogP contribution in [0.3, 0.4) is 0 Å². The molecule has 0 spiro atoms. The van der Waals surface area contributed by atoms with Crippen molar-refractivity contribution in [1.29, 1.82) is 0 Å². The molecule has 0 saturated heterocycles. The number of fused-ring (bicyclic) bond motifs is 2. The van der Waals surface area contributed by atoms with Crippen molar-refractivity contribution in [1.82, 2.24) is 30.1 Å². The van der Waals surface area contributed by atoms with Crippen LogP contribution in [0.2, 0.25) is 0 Å². The Balaban J connectivity index is 1.41. The smallest absolute Gasteiger partial charge is 0.127 e. The van der Waals surface area contributed by atoms with Crippen molar-refractivity contribution in [2.45, 2.75) is 12.8 Å². The molecule has 194 valence electrons. The van der Waals surface area contributed by atoms with Crippen LogP contribution in [0.15, 0.2) is 53.8 Å². The normalized spacial score (nSPS) is 15.4. The summed E-state index contributed by atoms with van der Waals surface area (Å²) < 4.78 is 20.5. The first-order valence-corrected chi connectivity index (χ1v) is 12.7. The number of likely N-dealkylation sites (N-methyl/N-ethyl adjacent to an activating group) is 2. The predicted molar refractivity (Wildman–Crippen MR) is 149 cm³/mol. The number of aryl methyl sites for hydroxylation is 1. The highest BCUT2D eigenvalue weighted by atomic mass is 19.1. The Morgan fingerprint density at radius 3 is 2.79 bits per heavy atom. The van der Waals surface area contributed by atoms with E-state index in [9.17, 15) is 4.39 Å². The summed E-state index contributed by atoms with van der Waals surface area (Å²) in [5, 5.41) is 16.0. The number of pyridine rings is 1. The molecule has 6 rings (SSSR count). The molecule has 0 radical (unpaired) electrons. The van der Waals surface area contributed by atoms with Gasteiger partial charge in [-0.3, -0.25) is 15.1 Å². The molecule has 0 fully saturated rings. The monoisotopic (exact) mass is 511 g/mol. The highest BCUT2D eigenvalue weighted by molar-refractivity contribution is 6.02. The summed E-state index contributed by atoms with van der Waals surface area (Å²) in [5.41, 5.74) is 7.32. The van der Waals surface area contributed by atoms with E-state index in [0.29, 0.717) is 12.4 Å². The van der Waals surface area contributed by atoms with E-state index in [1.807, 2.05) is 55.6 Å². The second-order valence-electron chi connectivity index (χ2n) is 10.2. The maximum absolute atomic E-state index is 14.6. The Morgan fingerprint density at radius 2 is 2.00 bits per heavy atom. The first-order valence-electron chi connectivity index (χ1n) is 12.7. The van der Waals surface area contributed by atoms with E-state index < -0.39 is 0 Å². The molecule has 2 aromatic carbocycles. The Morgan fingerprint density at radius 1 is 1.13 bits per heavy atom. The van der Waals surface area contributed by atoms with Crippen LogP contribution in [0.4, 0.5) is 4.39 Å². The number of aromatic nitrogens is 4. The molecule has 0 amide bonds. The molecule has 0 bridgehead atoms. The summed E-state index contributed by atoms with van der Waals surface area (Å²) in [5.74, 6) is 0.336. The molecule has 4 heterocycles. The summed E-state index contributed by atoms with van der Waals surface area (Å²) >= 11 is 0. The summed E-state index contributed by atoms with van der Waals surface area (Å²) in [6, 6.07) is 13.2. The third-order valence-corrected chi connectivity index (χ3v) is 7.00. The molecule has 3 aromatic heterocycles. The van der Waals surface area contributed by atoms with Crippen molar-refractivity contribution in [3.05, 3.63) is 65.7 Å².